The van der Waals surface area contributed by atoms with Crippen LogP contribution in [-0.2, 0) is 0 Å². The minimum Gasteiger partial charge on any atom is -0.439 e. The third-order valence-electron chi connectivity index (χ3n) is 5.38. The Balaban J connectivity index is 1.56. The topological polar surface area (TPSA) is 153 Å². The standard InChI is InChI=1S/C27H31N9OS/c1-16-7-6-8-18(13-16)30-22(14-20(28)27(2,3)4)32-25-34-24(35-36-25)17-9-11-19(12-10-17)37-23-15-21(29)31-26(33-23)38-5/h6-15H,28H2,1-5H3,(H2,29,31,33)(H2,30,32,34,35,36). The second kappa shape index (κ2) is 11.3. The molecular formula is C27H31N9OS. The summed E-state index contributed by atoms with van der Waals surface area (Å²) in [4.78, 5) is 17.6. The van der Waals surface area contributed by atoms with Gasteiger partial charge in [-0.1, -0.05) is 44.7 Å². The molecule has 196 valence electrons. The van der Waals surface area contributed by atoms with Gasteiger partial charge in [0.15, 0.2) is 11.0 Å². The predicted octanol–water partition coefficient (Wildman–Crippen LogP) is 5.70. The van der Waals surface area contributed by atoms with Crippen molar-refractivity contribution in [2.24, 2.45) is 16.1 Å². The molecule has 11 heteroatoms. The van der Waals surface area contributed by atoms with Crippen LogP contribution in [0.2, 0.25) is 0 Å². The van der Waals surface area contributed by atoms with Gasteiger partial charge in [0.1, 0.15) is 17.4 Å². The summed E-state index contributed by atoms with van der Waals surface area (Å²) in [5.41, 5.74) is 15.5. The molecule has 0 spiro atoms. The monoisotopic (exact) mass is 529 g/mol. The summed E-state index contributed by atoms with van der Waals surface area (Å²) in [5, 5.41) is 11.1. The first-order valence-corrected chi connectivity index (χ1v) is 13.1. The minimum atomic E-state index is -0.225. The number of anilines is 2. The number of aromatic nitrogens is 5. The molecule has 0 bridgehead atoms. The van der Waals surface area contributed by atoms with Gasteiger partial charge in [0.2, 0.25) is 5.88 Å². The molecule has 10 nitrogen and oxygen atoms in total. The van der Waals surface area contributed by atoms with Gasteiger partial charge in [-0.05, 0) is 55.1 Å². The fraction of sp³-hybridized carbons (Fsp3) is 0.222. The van der Waals surface area contributed by atoms with Crippen LogP contribution in [0, 0.1) is 12.3 Å². The van der Waals surface area contributed by atoms with Crippen molar-refractivity contribution in [2.75, 3.05) is 17.3 Å². The molecule has 6 N–H and O–H groups in total. The van der Waals surface area contributed by atoms with Gasteiger partial charge in [0.05, 0.1) is 0 Å². The van der Waals surface area contributed by atoms with Crippen LogP contribution in [0.4, 0.5) is 17.5 Å². The van der Waals surface area contributed by atoms with Crippen LogP contribution in [0.3, 0.4) is 0 Å². The van der Waals surface area contributed by atoms with Crippen molar-refractivity contribution < 1.29 is 4.74 Å². The average Bonchev–Trinajstić information content (AvgIpc) is 3.32. The summed E-state index contributed by atoms with van der Waals surface area (Å²) >= 11 is 1.39. The number of amidine groups is 1. The largest absolute Gasteiger partial charge is 0.439 e. The number of hydrogen-bond acceptors (Lipinski definition) is 9. The molecule has 2 aromatic heterocycles. The number of nitrogen functional groups attached to an aromatic ring is 1. The lowest BCUT2D eigenvalue weighted by molar-refractivity contribution is 0.456. The van der Waals surface area contributed by atoms with E-state index in [1.54, 1.807) is 6.07 Å². The smallest absolute Gasteiger partial charge is 0.270 e. The van der Waals surface area contributed by atoms with Crippen molar-refractivity contribution in [3.8, 4) is 23.0 Å². The Morgan fingerprint density at radius 1 is 1.08 bits per heavy atom. The maximum Gasteiger partial charge on any atom is 0.270 e. The highest BCUT2D eigenvalue weighted by molar-refractivity contribution is 7.98. The lowest BCUT2D eigenvalue weighted by Gasteiger charge is -2.19. The fourth-order valence-electron chi connectivity index (χ4n) is 3.24. The van der Waals surface area contributed by atoms with E-state index in [1.165, 1.54) is 11.8 Å². The predicted molar refractivity (Wildman–Crippen MR) is 154 cm³/mol. The van der Waals surface area contributed by atoms with Gasteiger partial charge in [-0.3, -0.25) is 5.10 Å². The SMILES string of the molecule is CSc1nc(N)cc(Oc2ccc(-c3nc(N=C(C=C(N)C(C)(C)C)Nc4cccc(C)c4)n[nH]3)cc2)n1. The van der Waals surface area contributed by atoms with Crippen LogP contribution < -0.4 is 21.5 Å². The maximum absolute atomic E-state index is 6.34. The highest BCUT2D eigenvalue weighted by Gasteiger charge is 2.15. The Morgan fingerprint density at radius 2 is 1.84 bits per heavy atom. The van der Waals surface area contributed by atoms with Gasteiger partial charge in [0, 0.05) is 34.5 Å². The summed E-state index contributed by atoms with van der Waals surface area (Å²) < 4.78 is 5.84. The zero-order valence-corrected chi connectivity index (χ0v) is 22.8. The van der Waals surface area contributed by atoms with Gasteiger partial charge in [-0.25, -0.2) is 4.98 Å². The van der Waals surface area contributed by atoms with Crippen molar-refractivity contribution >= 4 is 35.1 Å². The van der Waals surface area contributed by atoms with Gasteiger partial charge in [-0.15, -0.1) is 5.10 Å². The molecule has 0 saturated carbocycles. The number of nitrogens with two attached hydrogens (primary N) is 2. The molecule has 0 aliphatic carbocycles. The van der Waals surface area contributed by atoms with Gasteiger partial charge in [-0.2, -0.15) is 15.0 Å². The average molecular weight is 530 g/mol. The molecule has 0 aliphatic heterocycles. The summed E-state index contributed by atoms with van der Waals surface area (Å²) in [5.74, 6) is 2.70. The normalized spacial score (nSPS) is 12.4. The van der Waals surface area contributed by atoms with E-state index in [9.17, 15) is 0 Å². The number of nitrogens with one attached hydrogen (secondary N) is 2. The molecule has 2 heterocycles. The Bertz CT molecular complexity index is 1470. The van der Waals surface area contributed by atoms with E-state index in [-0.39, 0.29) is 11.4 Å². The fourth-order valence-corrected chi connectivity index (χ4v) is 3.61. The Morgan fingerprint density at radius 3 is 2.53 bits per heavy atom. The Hall–Kier alpha value is -4.38. The number of aliphatic imine (C=N–C) groups is 1. The first-order valence-electron chi connectivity index (χ1n) is 11.9. The molecule has 4 rings (SSSR count). The lowest BCUT2D eigenvalue weighted by Crippen LogP contribution is -2.20. The highest BCUT2D eigenvalue weighted by atomic mass is 32.2. The molecule has 38 heavy (non-hydrogen) atoms. The molecule has 0 atom stereocenters. The van der Waals surface area contributed by atoms with Crippen LogP contribution in [0.5, 0.6) is 11.6 Å². The second-order valence-electron chi connectivity index (χ2n) is 9.57. The highest BCUT2D eigenvalue weighted by Crippen LogP contribution is 2.26. The summed E-state index contributed by atoms with van der Waals surface area (Å²) in [6.45, 7) is 8.16. The summed E-state index contributed by atoms with van der Waals surface area (Å²) in [6, 6.07) is 17.0. The number of thioether (sulfide) groups is 1. The molecule has 0 aliphatic rings. The Labute approximate surface area is 226 Å². The van der Waals surface area contributed by atoms with Crippen molar-refractivity contribution in [3.05, 3.63) is 71.9 Å². The summed E-state index contributed by atoms with van der Waals surface area (Å²) in [7, 11) is 0. The number of rotatable bonds is 7. The van der Waals surface area contributed by atoms with E-state index in [0.717, 1.165) is 16.8 Å². The Kier molecular flexibility index (Phi) is 7.96. The second-order valence-corrected chi connectivity index (χ2v) is 10.3. The third-order valence-corrected chi connectivity index (χ3v) is 5.93. The number of aryl methyl sites for hydroxylation is 1. The number of benzene rings is 2. The van der Waals surface area contributed by atoms with Crippen molar-refractivity contribution in [2.45, 2.75) is 32.9 Å². The van der Waals surface area contributed by atoms with E-state index in [2.05, 4.69) is 35.5 Å². The van der Waals surface area contributed by atoms with Crippen LogP contribution in [0.15, 0.2) is 76.5 Å². The molecule has 0 fully saturated rings. The minimum absolute atomic E-state index is 0.225. The third kappa shape index (κ3) is 7.10. The van der Waals surface area contributed by atoms with E-state index in [1.807, 2.05) is 88.6 Å². The lowest BCUT2D eigenvalue weighted by atomic mass is 9.92. The zero-order valence-electron chi connectivity index (χ0n) is 22.0. The van der Waals surface area contributed by atoms with Crippen LogP contribution in [0.25, 0.3) is 11.4 Å². The molecule has 0 saturated heterocycles. The van der Waals surface area contributed by atoms with E-state index >= 15 is 0 Å². The molecule has 2 aromatic carbocycles. The van der Waals surface area contributed by atoms with E-state index in [0.29, 0.717) is 40.0 Å². The molecule has 0 amide bonds. The van der Waals surface area contributed by atoms with Gasteiger partial charge >= 0.3 is 0 Å². The molecule has 0 radical (unpaired) electrons. The van der Waals surface area contributed by atoms with Crippen LogP contribution >= 0.6 is 11.8 Å². The van der Waals surface area contributed by atoms with Crippen LogP contribution in [0.1, 0.15) is 26.3 Å². The number of nitrogens with zero attached hydrogens (tertiary/aromatic N) is 5. The van der Waals surface area contributed by atoms with Gasteiger partial charge in [0.25, 0.3) is 5.95 Å². The number of hydrogen-bond donors (Lipinski definition) is 4. The number of allylic oxidation sites excluding steroid dienone is 1. The van der Waals surface area contributed by atoms with Crippen molar-refractivity contribution in [1.29, 1.82) is 0 Å². The number of H-pyrrole nitrogens is 1. The molecule has 0 unspecified atom stereocenters. The molecule has 4 aromatic rings. The quantitative estimate of drug-likeness (QED) is 0.102. The first kappa shape index (κ1) is 26.7. The van der Waals surface area contributed by atoms with Crippen molar-refractivity contribution in [3.63, 3.8) is 0 Å². The van der Waals surface area contributed by atoms with Gasteiger partial charge < -0.3 is 21.5 Å². The van der Waals surface area contributed by atoms with E-state index < -0.39 is 0 Å². The van der Waals surface area contributed by atoms with E-state index in [4.69, 9.17) is 16.2 Å². The number of ether oxygens (including phenoxy) is 1. The molecular weight excluding hydrogens is 498 g/mol. The summed E-state index contributed by atoms with van der Waals surface area (Å²) in [6.07, 6.45) is 3.69. The first-order chi connectivity index (χ1) is 18.1. The maximum atomic E-state index is 6.34. The van der Waals surface area contributed by atoms with Crippen LogP contribution in [-0.4, -0.2) is 37.2 Å². The van der Waals surface area contributed by atoms with Crippen molar-refractivity contribution in [1.82, 2.24) is 25.1 Å². The zero-order chi connectivity index (χ0) is 27.3. The number of aromatic amines is 1.